The molecule has 0 saturated carbocycles. The van der Waals surface area contributed by atoms with Crippen LogP contribution in [0.4, 0.5) is 0 Å². The first-order chi connectivity index (χ1) is 14.1. The number of aromatic hydroxyl groups is 1. The summed E-state index contributed by atoms with van der Waals surface area (Å²) in [7, 11) is 1.68. The molecule has 29 heavy (non-hydrogen) atoms. The highest BCUT2D eigenvalue weighted by molar-refractivity contribution is 7.17. The van der Waals surface area contributed by atoms with Crippen molar-refractivity contribution in [2.45, 2.75) is 25.9 Å². The third-order valence-corrected chi connectivity index (χ3v) is 6.74. The summed E-state index contributed by atoms with van der Waals surface area (Å²) in [6.45, 7) is 3.74. The van der Waals surface area contributed by atoms with Gasteiger partial charge in [-0.05, 0) is 24.6 Å². The molecule has 0 amide bonds. The number of nitrogens with zero attached hydrogens (tertiary/aromatic N) is 3. The van der Waals surface area contributed by atoms with Gasteiger partial charge in [-0.2, -0.15) is 4.52 Å². The highest BCUT2D eigenvalue weighted by Gasteiger charge is 2.35. The van der Waals surface area contributed by atoms with E-state index in [1.807, 2.05) is 19.1 Å². The van der Waals surface area contributed by atoms with Crippen LogP contribution in [0.25, 0.3) is 4.96 Å². The molecule has 0 spiro atoms. The van der Waals surface area contributed by atoms with Crippen LogP contribution in [0.1, 0.15) is 33.4 Å². The SMILES string of the molecule is COc1cccc([C@H](c2sc3nc(C)nn3c2O)[NH+]2CCc3ccccc3C2)c1. The number of thiazole rings is 1. The monoisotopic (exact) mass is 407 g/mol. The second kappa shape index (κ2) is 7.17. The maximum absolute atomic E-state index is 11.0. The van der Waals surface area contributed by atoms with Gasteiger partial charge in [0.1, 0.15) is 23.0 Å². The molecule has 2 aromatic carbocycles. The number of aromatic nitrogens is 3. The van der Waals surface area contributed by atoms with Crippen LogP contribution in [0, 0.1) is 6.92 Å². The first-order valence-electron chi connectivity index (χ1n) is 9.74. The van der Waals surface area contributed by atoms with Crippen LogP contribution < -0.4 is 9.64 Å². The van der Waals surface area contributed by atoms with Crippen molar-refractivity contribution in [3.8, 4) is 11.6 Å². The first kappa shape index (κ1) is 18.1. The van der Waals surface area contributed by atoms with E-state index in [-0.39, 0.29) is 11.9 Å². The normalized spacial score (nSPS) is 17.2. The molecule has 6 nitrogen and oxygen atoms in total. The van der Waals surface area contributed by atoms with E-state index >= 15 is 0 Å². The molecule has 0 radical (unpaired) electrons. The number of nitrogens with one attached hydrogen (secondary N) is 1. The molecule has 1 aliphatic rings. The number of quaternary nitrogens is 1. The van der Waals surface area contributed by atoms with E-state index in [0.717, 1.165) is 40.7 Å². The molecular formula is C22H23N4O2S+. The van der Waals surface area contributed by atoms with Crippen LogP contribution in [-0.4, -0.2) is 33.4 Å². The van der Waals surface area contributed by atoms with Crippen LogP contribution in [-0.2, 0) is 13.0 Å². The van der Waals surface area contributed by atoms with E-state index in [1.165, 1.54) is 27.4 Å². The Morgan fingerprint density at radius 1 is 1.17 bits per heavy atom. The number of aryl methyl sites for hydroxylation is 1. The van der Waals surface area contributed by atoms with E-state index < -0.39 is 0 Å². The fraction of sp³-hybridized carbons (Fsp3) is 0.273. The van der Waals surface area contributed by atoms with Gasteiger partial charge in [-0.15, -0.1) is 5.10 Å². The van der Waals surface area contributed by atoms with Crippen molar-refractivity contribution in [3.05, 3.63) is 75.9 Å². The molecule has 0 saturated heterocycles. The van der Waals surface area contributed by atoms with Crippen molar-refractivity contribution >= 4 is 16.3 Å². The summed E-state index contributed by atoms with van der Waals surface area (Å²) in [6.07, 6.45) is 1.02. The third kappa shape index (κ3) is 3.16. The van der Waals surface area contributed by atoms with Gasteiger partial charge in [0, 0.05) is 17.5 Å². The van der Waals surface area contributed by atoms with Gasteiger partial charge in [0.2, 0.25) is 10.8 Å². The summed E-state index contributed by atoms with van der Waals surface area (Å²) in [5.41, 5.74) is 3.91. The van der Waals surface area contributed by atoms with E-state index in [1.54, 1.807) is 11.6 Å². The molecule has 1 unspecified atom stereocenters. The topological polar surface area (TPSA) is 64.1 Å². The molecule has 5 rings (SSSR count). The summed E-state index contributed by atoms with van der Waals surface area (Å²) in [6, 6.07) is 16.8. The van der Waals surface area contributed by atoms with E-state index in [0.29, 0.717) is 5.82 Å². The van der Waals surface area contributed by atoms with Gasteiger partial charge in [-0.25, -0.2) is 4.98 Å². The smallest absolute Gasteiger partial charge is 0.235 e. The second-order valence-corrected chi connectivity index (χ2v) is 8.47. The highest BCUT2D eigenvalue weighted by atomic mass is 32.1. The molecule has 2 atom stereocenters. The van der Waals surface area contributed by atoms with E-state index in [9.17, 15) is 5.11 Å². The van der Waals surface area contributed by atoms with Crippen LogP contribution in [0.2, 0.25) is 0 Å². The lowest BCUT2D eigenvalue weighted by molar-refractivity contribution is -0.940. The van der Waals surface area contributed by atoms with Gasteiger partial charge >= 0.3 is 0 Å². The Balaban J connectivity index is 1.63. The summed E-state index contributed by atoms with van der Waals surface area (Å²) in [4.78, 5) is 7.47. The number of rotatable bonds is 4. The van der Waals surface area contributed by atoms with Gasteiger partial charge in [0.25, 0.3) is 0 Å². The molecule has 1 aliphatic heterocycles. The minimum absolute atomic E-state index is 0.0211. The number of methoxy groups -OCH3 is 1. The minimum Gasteiger partial charge on any atom is -0.497 e. The fourth-order valence-electron chi connectivity index (χ4n) is 4.28. The summed E-state index contributed by atoms with van der Waals surface area (Å²) in [5.74, 6) is 1.67. The average molecular weight is 408 g/mol. The van der Waals surface area contributed by atoms with Crippen LogP contribution in [0.3, 0.4) is 0 Å². The van der Waals surface area contributed by atoms with Crippen LogP contribution in [0.5, 0.6) is 11.6 Å². The lowest BCUT2D eigenvalue weighted by Crippen LogP contribution is -3.12. The lowest BCUT2D eigenvalue weighted by atomic mass is 9.95. The van der Waals surface area contributed by atoms with Crippen LogP contribution >= 0.6 is 11.3 Å². The Labute approximate surface area is 173 Å². The van der Waals surface area contributed by atoms with Crippen molar-refractivity contribution in [2.75, 3.05) is 13.7 Å². The first-order valence-corrected chi connectivity index (χ1v) is 10.6. The predicted molar refractivity (Wildman–Crippen MR) is 112 cm³/mol. The summed E-state index contributed by atoms with van der Waals surface area (Å²) >= 11 is 1.51. The second-order valence-electron chi connectivity index (χ2n) is 7.46. The van der Waals surface area contributed by atoms with E-state index in [2.05, 4.69) is 46.5 Å². The minimum atomic E-state index is -0.0211. The molecule has 2 N–H and O–H groups in total. The van der Waals surface area contributed by atoms with Crippen molar-refractivity contribution in [1.29, 1.82) is 0 Å². The predicted octanol–water partition coefficient (Wildman–Crippen LogP) is 2.54. The molecule has 0 fully saturated rings. The standard InChI is InChI=1S/C22H22N4O2S/c1-14-23-22-26(24-14)21(27)20(29-22)19(16-8-5-9-18(12-16)28-2)25-11-10-15-6-3-4-7-17(15)13-25/h3-9,12,19,27H,10-11,13H2,1-2H3/p+1/t19-/m1/s1. The number of hydrogen-bond donors (Lipinski definition) is 2. The fourth-order valence-corrected chi connectivity index (χ4v) is 5.46. The Kier molecular flexibility index (Phi) is 4.49. The Morgan fingerprint density at radius 3 is 2.79 bits per heavy atom. The quantitative estimate of drug-likeness (QED) is 0.546. The van der Waals surface area contributed by atoms with Gasteiger partial charge in [0.05, 0.1) is 13.7 Å². The molecule has 0 aliphatic carbocycles. The van der Waals surface area contributed by atoms with Gasteiger partial charge in [-0.3, -0.25) is 0 Å². The molecule has 148 valence electrons. The number of fused-ring (bicyclic) bond motifs is 2. The Bertz CT molecular complexity index is 1180. The number of ether oxygens (including phenoxy) is 1. The molecule has 7 heteroatoms. The van der Waals surface area contributed by atoms with Gasteiger partial charge in [-0.1, -0.05) is 47.7 Å². The zero-order valence-corrected chi connectivity index (χ0v) is 17.2. The zero-order chi connectivity index (χ0) is 20.0. The van der Waals surface area contributed by atoms with Crippen molar-refractivity contribution in [3.63, 3.8) is 0 Å². The molecule has 2 aromatic heterocycles. The maximum atomic E-state index is 11.0. The largest absolute Gasteiger partial charge is 0.497 e. The molecule has 0 bridgehead atoms. The summed E-state index contributed by atoms with van der Waals surface area (Å²) < 4.78 is 7.03. The van der Waals surface area contributed by atoms with Gasteiger partial charge in [0.15, 0.2) is 6.04 Å². The maximum Gasteiger partial charge on any atom is 0.235 e. The summed E-state index contributed by atoms with van der Waals surface area (Å²) in [5, 5.41) is 15.4. The van der Waals surface area contributed by atoms with Crippen molar-refractivity contribution in [2.24, 2.45) is 0 Å². The Morgan fingerprint density at radius 2 is 2.00 bits per heavy atom. The molecule has 4 aromatic rings. The number of hydrogen-bond acceptors (Lipinski definition) is 5. The number of benzene rings is 2. The van der Waals surface area contributed by atoms with Crippen LogP contribution in [0.15, 0.2) is 48.5 Å². The third-order valence-electron chi connectivity index (χ3n) is 5.65. The zero-order valence-electron chi connectivity index (χ0n) is 16.4. The Hall–Kier alpha value is -2.90. The highest BCUT2D eigenvalue weighted by Crippen LogP contribution is 2.36. The molecule has 3 heterocycles. The van der Waals surface area contributed by atoms with Crippen molar-refractivity contribution in [1.82, 2.24) is 14.6 Å². The van der Waals surface area contributed by atoms with Gasteiger partial charge < -0.3 is 14.7 Å². The molecular weight excluding hydrogens is 384 g/mol. The average Bonchev–Trinajstić information content (AvgIpc) is 3.25. The van der Waals surface area contributed by atoms with Crippen molar-refractivity contribution < 1.29 is 14.7 Å². The lowest BCUT2D eigenvalue weighted by Gasteiger charge is -2.32. The van der Waals surface area contributed by atoms with E-state index in [4.69, 9.17) is 4.74 Å².